The summed E-state index contributed by atoms with van der Waals surface area (Å²) in [5, 5.41) is 0. The molecule has 3 unspecified atom stereocenters. The number of hydrogen-bond donors (Lipinski definition) is 1. The van der Waals surface area contributed by atoms with Crippen LogP contribution in [0.1, 0.15) is 44.1 Å². The topological polar surface area (TPSA) is 29.3 Å². The average molecular weight is 270 g/mol. The SMILES string of the molecule is Nc1ccccc1CN(CC1CC2CCC1C2)C1CC1. The summed E-state index contributed by atoms with van der Waals surface area (Å²) >= 11 is 0. The van der Waals surface area contributed by atoms with E-state index in [1.54, 1.807) is 0 Å². The van der Waals surface area contributed by atoms with Crippen LogP contribution in [-0.2, 0) is 6.54 Å². The minimum Gasteiger partial charge on any atom is -0.398 e. The second-order valence-corrected chi connectivity index (χ2v) is 7.29. The van der Waals surface area contributed by atoms with Crippen LogP contribution in [0.3, 0.4) is 0 Å². The Hall–Kier alpha value is -1.02. The van der Waals surface area contributed by atoms with Gasteiger partial charge in [-0.3, -0.25) is 4.90 Å². The van der Waals surface area contributed by atoms with Crippen molar-refractivity contribution in [2.45, 2.75) is 51.1 Å². The molecule has 0 saturated heterocycles. The highest BCUT2D eigenvalue weighted by molar-refractivity contribution is 5.46. The highest BCUT2D eigenvalue weighted by atomic mass is 15.2. The fourth-order valence-electron chi connectivity index (χ4n) is 4.58. The molecule has 0 radical (unpaired) electrons. The monoisotopic (exact) mass is 270 g/mol. The van der Waals surface area contributed by atoms with Crippen LogP contribution in [0.4, 0.5) is 5.69 Å². The molecule has 1 aromatic carbocycles. The van der Waals surface area contributed by atoms with Crippen LogP contribution in [0.2, 0.25) is 0 Å². The van der Waals surface area contributed by atoms with Crippen LogP contribution in [0.25, 0.3) is 0 Å². The van der Waals surface area contributed by atoms with Gasteiger partial charge in [-0.15, -0.1) is 0 Å². The molecule has 0 aromatic heterocycles. The Morgan fingerprint density at radius 1 is 1.05 bits per heavy atom. The van der Waals surface area contributed by atoms with E-state index < -0.39 is 0 Å². The van der Waals surface area contributed by atoms with Gasteiger partial charge in [-0.25, -0.2) is 0 Å². The predicted molar refractivity (Wildman–Crippen MR) is 83.2 cm³/mol. The third-order valence-corrected chi connectivity index (χ3v) is 5.85. The first kappa shape index (κ1) is 12.7. The number of nitrogens with two attached hydrogens (primary N) is 1. The molecule has 3 fully saturated rings. The summed E-state index contributed by atoms with van der Waals surface area (Å²) in [7, 11) is 0. The lowest BCUT2D eigenvalue weighted by Crippen LogP contribution is -2.33. The highest BCUT2D eigenvalue weighted by Crippen LogP contribution is 2.49. The van der Waals surface area contributed by atoms with Gasteiger partial charge in [0.2, 0.25) is 0 Å². The van der Waals surface area contributed by atoms with Crippen LogP contribution in [0.15, 0.2) is 24.3 Å². The predicted octanol–water partition coefficient (Wildman–Crippen LogP) is 3.67. The molecule has 20 heavy (non-hydrogen) atoms. The molecule has 3 aliphatic carbocycles. The molecule has 3 saturated carbocycles. The van der Waals surface area contributed by atoms with Crippen molar-refractivity contribution >= 4 is 5.69 Å². The fourth-order valence-corrected chi connectivity index (χ4v) is 4.58. The Morgan fingerprint density at radius 2 is 1.90 bits per heavy atom. The Balaban J connectivity index is 1.44. The maximum absolute atomic E-state index is 6.13. The number of fused-ring (bicyclic) bond motifs is 2. The Morgan fingerprint density at radius 3 is 2.55 bits per heavy atom. The highest BCUT2D eigenvalue weighted by Gasteiger charge is 2.41. The summed E-state index contributed by atoms with van der Waals surface area (Å²) in [6.07, 6.45) is 8.83. The first-order valence-corrected chi connectivity index (χ1v) is 8.37. The van der Waals surface area contributed by atoms with E-state index in [-0.39, 0.29) is 0 Å². The summed E-state index contributed by atoms with van der Waals surface area (Å²) < 4.78 is 0. The third-order valence-electron chi connectivity index (χ3n) is 5.85. The Kier molecular flexibility index (Phi) is 3.22. The molecular formula is C18H26N2. The molecule has 0 spiro atoms. The molecular weight excluding hydrogens is 244 g/mol. The molecule has 0 heterocycles. The first-order valence-electron chi connectivity index (χ1n) is 8.37. The maximum atomic E-state index is 6.13. The standard InChI is InChI=1S/C18H26N2/c19-18-4-2-1-3-15(18)11-20(17-7-8-17)12-16-10-13-5-6-14(16)9-13/h1-4,13-14,16-17H,5-12,19H2. The second-order valence-electron chi connectivity index (χ2n) is 7.29. The number of nitrogen functional groups attached to an aromatic ring is 1. The van der Waals surface area contributed by atoms with Crippen molar-refractivity contribution in [2.24, 2.45) is 17.8 Å². The molecule has 2 heteroatoms. The largest absolute Gasteiger partial charge is 0.398 e. The van der Waals surface area contributed by atoms with Crippen LogP contribution in [-0.4, -0.2) is 17.5 Å². The number of nitrogens with zero attached hydrogens (tertiary/aromatic N) is 1. The molecule has 2 nitrogen and oxygen atoms in total. The maximum Gasteiger partial charge on any atom is 0.0359 e. The molecule has 108 valence electrons. The van der Waals surface area contributed by atoms with Gasteiger partial charge in [0.15, 0.2) is 0 Å². The van der Waals surface area contributed by atoms with Gasteiger partial charge in [0.1, 0.15) is 0 Å². The van der Waals surface area contributed by atoms with Crippen molar-refractivity contribution < 1.29 is 0 Å². The minimum absolute atomic E-state index is 0.841. The first-order chi connectivity index (χ1) is 9.79. The van der Waals surface area contributed by atoms with Gasteiger partial charge in [0, 0.05) is 24.8 Å². The van der Waals surface area contributed by atoms with Crippen molar-refractivity contribution in [2.75, 3.05) is 12.3 Å². The average Bonchev–Trinajstić information content (AvgIpc) is 3.10. The fraction of sp³-hybridized carbons (Fsp3) is 0.667. The molecule has 0 amide bonds. The van der Waals surface area contributed by atoms with E-state index in [0.717, 1.165) is 36.0 Å². The molecule has 2 bridgehead atoms. The Labute approximate surface area is 122 Å². The van der Waals surface area contributed by atoms with Crippen molar-refractivity contribution in [1.29, 1.82) is 0 Å². The lowest BCUT2D eigenvalue weighted by Gasteiger charge is -2.30. The van der Waals surface area contributed by atoms with E-state index in [9.17, 15) is 0 Å². The van der Waals surface area contributed by atoms with Crippen LogP contribution < -0.4 is 5.73 Å². The lowest BCUT2D eigenvalue weighted by molar-refractivity contribution is 0.176. The molecule has 0 aliphatic heterocycles. The van der Waals surface area contributed by atoms with Gasteiger partial charge in [-0.2, -0.15) is 0 Å². The zero-order valence-corrected chi connectivity index (χ0v) is 12.3. The number of rotatable bonds is 5. The number of anilines is 1. The van der Waals surface area contributed by atoms with Crippen molar-refractivity contribution in [3.63, 3.8) is 0 Å². The summed E-state index contributed by atoms with van der Waals surface area (Å²) in [6, 6.07) is 9.24. The smallest absolute Gasteiger partial charge is 0.0359 e. The van der Waals surface area contributed by atoms with Gasteiger partial charge in [-0.1, -0.05) is 24.6 Å². The number of para-hydroxylation sites is 1. The number of benzene rings is 1. The zero-order chi connectivity index (χ0) is 13.5. The normalized spacial score (nSPS) is 32.1. The van der Waals surface area contributed by atoms with E-state index in [1.807, 2.05) is 12.1 Å². The zero-order valence-electron chi connectivity index (χ0n) is 12.3. The summed E-state index contributed by atoms with van der Waals surface area (Å²) in [4.78, 5) is 2.73. The van der Waals surface area contributed by atoms with E-state index in [1.165, 1.54) is 50.6 Å². The molecule has 3 atom stereocenters. The van der Waals surface area contributed by atoms with Crippen molar-refractivity contribution in [1.82, 2.24) is 4.90 Å². The third kappa shape index (κ3) is 2.46. The molecule has 4 rings (SSSR count). The van der Waals surface area contributed by atoms with E-state index in [4.69, 9.17) is 5.73 Å². The summed E-state index contributed by atoms with van der Waals surface area (Å²) in [5.74, 6) is 3.07. The quantitative estimate of drug-likeness (QED) is 0.827. The van der Waals surface area contributed by atoms with Crippen molar-refractivity contribution in [3.05, 3.63) is 29.8 Å². The Bertz CT molecular complexity index is 480. The van der Waals surface area contributed by atoms with Gasteiger partial charge in [0.25, 0.3) is 0 Å². The van der Waals surface area contributed by atoms with E-state index in [2.05, 4.69) is 17.0 Å². The van der Waals surface area contributed by atoms with E-state index in [0.29, 0.717) is 0 Å². The van der Waals surface area contributed by atoms with Crippen LogP contribution >= 0.6 is 0 Å². The second kappa shape index (κ2) is 5.07. The molecule has 2 N–H and O–H groups in total. The lowest BCUT2D eigenvalue weighted by atomic mass is 9.88. The van der Waals surface area contributed by atoms with Crippen LogP contribution in [0.5, 0.6) is 0 Å². The van der Waals surface area contributed by atoms with Gasteiger partial charge in [-0.05, 0) is 61.5 Å². The molecule has 1 aromatic rings. The summed E-state index contributed by atoms with van der Waals surface area (Å²) in [6.45, 7) is 2.38. The van der Waals surface area contributed by atoms with Gasteiger partial charge in [0.05, 0.1) is 0 Å². The minimum atomic E-state index is 0.841. The number of hydrogen-bond acceptors (Lipinski definition) is 2. The van der Waals surface area contributed by atoms with E-state index >= 15 is 0 Å². The van der Waals surface area contributed by atoms with Gasteiger partial charge >= 0.3 is 0 Å². The van der Waals surface area contributed by atoms with Crippen molar-refractivity contribution in [3.8, 4) is 0 Å². The van der Waals surface area contributed by atoms with Crippen LogP contribution in [0, 0.1) is 17.8 Å². The molecule has 3 aliphatic rings. The van der Waals surface area contributed by atoms with Gasteiger partial charge < -0.3 is 5.73 Å². The summed E-state index contributed by atoms with van der Waals surface area (Å²) in [5.41, 5.74) is 8.42.